The number of hydrogen-bond acceptors (Lipinski definition) is 5. The van der Waals surface area contributed by atoms with E-state index in [9.17, 15) is 4.79 Å². The number of nitrogens with zero attached hydrogens (tertiary/aromatic N) is 1. The van der Waals surface area contributed by atoms with Crippen LogP contribution in [-0.4, -0.2) is 51.5 Å². The molecular formula is C20H22N2O4. The van der Waals surface area contributed by atoms with Crippen molar-refractivity contribution in [2.45, 2.75) is 6.10 Å². The summed E-state index contributed by atoms with van der Waals surface area (Å²) in [5, 5.41) is 2.98. The van der Waals surface area contributed by atoms with Gasteiger partial charge in [0.2, 0.25) is 0 Å². The van der Waals surface area contributed by atoms with Gasteiger partial charge < -0.3 is 24.4 Å². The maximum absolute atomic E-state index is 12.7. The summed E-state index contributed by atoms with van der Waals surface area (Å²) in [6, 6.07) is 15.2. The quantitative estimate of drug-likeness (QED) is 0.911. The first-order valence-electron chi connectivity index (χ1n) is 8.89. The van der Waals surface area contributed by atoms with Crippen molar-refractivity contribution in [1.82, 2.24) is 5.32 Å². The van der Waals surface area contributed by atoms with Crippen LogP contribution in [0, 0.1) is 0 Å². The van der Waals surface area contributed by atoms with Crippen LogP contribution in [0.2, 0.25) is 0 Å². The van der Waals surface area contributed by atoms with E-state index in [0.29, 0.717) is 37.7 Å². The molecule has 136 valence electrons. The first-order chi connectivity index (χ1) is 12.8. The molecule has 1 saturated heterocycles. The zero-order valence-corrected chi connectivity index (χ0v) is 14.5. The van der Waals surface area contributed by atoms with E-state index in [1.165, 1.54) is 0 Å². The van der Waals surface area contributed by atoms with Crippen molar-refractivity contribution < 1.29 is 19.0 Å². The van der Waals surface area contributed by atoms with Gasteiger partial charge in [-0.2, -0.15) is 0 Å². The molecule has 2 heterocycles. The fraction of sp³-hybridized carbons (Fsp3) is 0.350. The Hall–Kier alpha value is -2.73. The molecule has 0 spiro atoms. The molecule has 4 rings (SSSR count). The van der Waals surface area contributed by atoms with E-state index < -0.39 is 0 Å². The van der Waals surface area contributed by atoms with Crippen LogP contribution in [0.4, 0.5) is 5.69 Å². The minimum absolute atomic E-state index is 0.102. The summed E-state index contributed by atoms with van der Waals surface area (Å²) in [6.45, 7) is 3.76. The molecule has 0 saturated carbocycles. The van der Waals surface area contributed by atoms with Gasteiger partial charge in [0.25, 0.3) is 5.91 Å². The number of nitrogens with one attached hydrogen (secondary N) is 1. The van der Waals surface area contributed by atoms with E-state index in [4.69, 9.17) is 14.2 Å². The number of ether oxygens (including phenoxy) is 3. The van der Waals surface area contributed by atoms with Crippen LogP contribution >= 0.6 is 0 Å². The van der Waals surface area contributed by atoms with E-state index in [-0.39, 0.29) is 12.0 Å². The van der Waals surface area contributed by atoms with Crippen molar-refractivity contribution in [3.8, 4) is 11.5 Å². The molecule has 1 fully saturated rings. The number of carbonyl (C=O) groups is 1. The van der Waals surface area contributed by atoms with Crippen LogP contribution in [-0.2, 0) is 4.74 Å². The van der Waals surface area contributed by atoms with Gasteiger partial charge in [0.15, 0.2) is 11.5 Å². The molecule has 0 radical (unpaired) electrons. The number of anilines is 1. The van der Waals surface area contributed by atoms with Gasteiger partial charge >= 0.3 is 0 Å². The minimum atomic E-state index is -0.204. The second-order valence-electron chi connectivity index (χ2n) is 6.32. The lowest BCUT2D eigenvalue weighted by Gasteiger charge is -2.30. The van der Waals surface area contributed by atoms with Gasteiger partial charge in [0, 0.05) is 18.8 Å². The van der Waals surface area contributed by atoms with Crippen LogP contribution in [0.1, 0.15) is 10.4 Å². The number of morpholine rings is 1. The zero-order valence-electron chi connectivity index (χ0n) is 14.5. The molecule has 1 amide bonds. The molecule has 1 atom stereocenters. The van der Waals surface area contributed by atoms with Crippen molar-refractivity contribution in [2.24, 2.45) is 0 Å². The van der Waals surface area contributed by atoms with Crippen LogP contribution in [0.5, 0.6) is 11.5 Å². The number of benzene rings is 2. The van der Waals surface area contributed by atoms with Gasteiger partial charge in [-0.25, -0.2) is 0 Å². The van der Waals surface area contributed by atoms with Crippen LogP contribution < -0.4 is 19.7 Å². The van der Waals surface area contributed by atoms with Gasteiger partial charge in [-0.15, -0.1) is 0 Å². The van der Waals surface area contributed by atoms with Gasteiger partial charge in [-0.05, 0) is 24.3 Å². The van der Waals surface area contributed by atoms with Crippen molar-refractivity contribution in [1.29, 1.82) is 0 Å². The Balaban J connectivity index is 1.40. The SMILES string of the molecule is O=C(NC[C@H]1COc2ccccc2O1)c1ccccc1N1CCOCC1. The third-order valence-electron chi connectivity index (χ3n) is 4.56. The minimum Gasteiger partial charge on any atom is -0.486 e. The van der Waals surface area contributed by atoms with E-state index in [1.807, 2.05) is 48.5 Å². The molecule has 0 aliphatic carbocycles. The molecule has 2 aromatic carbocycles. The molecule has 1 N–H and O–H groups in total. The van der Waals surface area contributed by atoms with Gasteiger partial charge in [-0.1, -0.05) is 24.3 Å². The lowest BCUT2D eigenvalue weighted by molar-refractivity contribution is 0.0789. The summed E-state index contributed by atoms with van der Waals surface area (Å²) >= 11 is 0. The lowest BCUT2D eigenvalue weighted by Crippen LogP contribution is -2.42. The number of hydrogen-bond donors (Lipinski definition) is 1. The number of amides is 1. The van der Waals surface area contributed by atoms with E-state index in [0.717, 1.165) is 24.5 Å². The summed E-state index contributed by atoms with van der Waals surface area (Å²) in [4.78, 5) is 14.9. The van der Waals surface area contributed by atoms with Gasteiger partial charge in [0.05, 0.1) is 25.3 Å². The monoisotopic (exact) mass is 354 g/mol. The fourth-order valence-corrected chi connectivity index (χ4v) is 3.21. The fourth-order valence-electron chi connectivity index (χ4n) is 3.21. The second-order valence-corrected chi connectivity index (χ2v) is 6.32. The van der Waals surface area contributed by atoms with Gasteiger partial charge in [0.1, 0.15) is 12.7 Å². The first kappa shape index (κ1) is 16.7. The Morgan fingerprint density at radius 1 is 1.04 bits per heavy atom. The second kappa shape index (κ2) is 7.66. The number of rotatable bonds is 4. The maximum Gasteiger partial charge on any atom is 0.253 e. The Morgan fingerprint density at radius 2 is 1.77 bits per heavy atom. The third kappa shape index (κ3) is 3.60. The topological polar surface area (TPSA) is 60.0 Å². The zero-order chi connectivity index (χ0) is 17.8. The molecule has 0 unspecified atom stereocenters. The van der Waals surface area contributed by atoms with Crippen LogP contribution in [0.25, 0.3) is 0 Å². The highest BCUT2D eigenvalue weighted by molar-refractivity contribution is 5.99. The Morgan fingerprint density at radius 3 is 2.62 bits per heavy atom. The number of carbonyl (C=O) groups excluding carboxylic acids is 1. The summed E-state index contributed by atoms with van der Waals surface area (Å²) in [5.41, 5.74) is 1.62. The summed E-state index contributed by atoms with van der Waals surface area (Å²) < 4.78 is 17.0. The van der Waals surface area contributed by atoms with Crippen molar-refractivity contribution in [3.63, 3.8) is 0 Å². The van der Waals surface area contributed by atoms with E-state index in [2.05, 4.69) is 10.2 Å². The molecule has 6 heteroatoms. The maximum atomic E-state index is 12.7. The average Bonchev–Trinajstić information content (AvgIpc) is 2.72. The average molecular weight is 354 g/mol. The smallest absolute Gasteiger partial charge is 0.253 e. The van der Waals surface area contributed by atoms with Crippen LogP contribution in [0.3, 0.4) is 0 Å². The predicted molar refractivity (Wildman–Crippen MR) is 98.2 cm³/mol. The molecule has 2 aliphatic heterocycles. The largest absolute Gasteiger partial charge is 0.486 e. The standard InChI is InChI=1S/C20H22N2O4/c23-20(16-5-1-2-6-17(16)22-9-11-24-12-10-22)21-13-15-14-25-18-7-3-4-8-19(18)26-15/h1-8,15H,9-14H2,(H,21,23)/t15-/m0/s1. The normalized spacial score (nSPS) is 19.1. The molecule has 6 nitrogen and oxygen atoms in total. The van der Waals surface area contributed by atoms with Crippen molar-refractivity contribution in [3.05, 3.63) is 54.1 Å². The van der Waals surface area contributed by atoms with E-state index in [1.54, 1.807) is 0 Å². The Labute approximate surface area is 152 Å². The molecule has 26 heavy (non-hydrogen) atoms. The molecule has 0 bridgehead atoms. The molecule has 0 aromatic heterocycles. The van der Waals surface area contributed by atoms with Crippen molar-refractivity contribution in [2.75, 3.05) is 44.4 Å². The Bertz CT molecular complexity index is 774. The van der Waals surface area contributed by atoms with Gasteiger partial charge in [-0.3, -0.25) is 4.79 Å². The summed E-state index contributed by atoms with van der Waals surface area (Å²) in [5.74, 6) is 1.36. The lowest BCUT2D eigenvalue weighted by atomic mass is 10.1. The Kier molecular flexibility index (Phi) is 4.93. The predicted octanol–water partition coefficient (Wildman–Crippen LogP) is 2.09. The molecule has 2 aromatic rings. The summed E-state index contributed by atoms with van der Waals surface area (Å²) in [7, 11) is 0. The highest BCUT2D eigenvalue weighted by atomic mass is 16.6. The molecular weight excluding hydrogens is 332 g/mol. The number of para-hydroxylation sites is 3. The summed E-state index contributed by atoms with van der Waals surface area (Å²) in [6.07, 6.45) is -0.204. The number of fused-ring (bicyclic) bond motifs is 1. The third-order valence-corrected chi connectivity index (χ3v) is 4.56. The molecule has 2 aliphatic rings. The van der Waals surface area contributed by atoms with Crippen LogP contribution in [0.15, 0.2) is 48.5 Å². The highest BCUT2D eigenvalue weighted by Gasteiger charge is 2.23. The first-order valence-corrected chi connectivity index (χ1v) is 8.89. The van der Waals surface area contributed by atoms with E-state index >= 15 is 0 Å². The highest BCUT2D eigenvalue weighted by Crippen LogP contribution is 2.30. The van der Waals surface area contributed by atoms with Crippen molar-refractivity contribution >= 4 is 11.6 Å².